The maximum atomic E-state index is 13.9. The lowest BCUT2D eigenvalue weighted by Gasteiger charge is -2.33. The van der Waals surface area contributed by atoms with Gasteiger partial charge in [-0.05, 0) is 43.9 Å². The van der Waals surface area contributed by atoms with Crippen LogP contribution in [0, 0.1) is 18.7 Å². The molecule has 0 unspecified atom stereocenters. The normalized spacial score (nSPS) is 14.8. The van der Waals surface area contributed by atoms with E-state index in [1.54, 1.807) is 24.3 Å². The molecule has 2 heterocycles. The molecule has 0 radical (unpaired) electrons. The van der Waals surface area contributed by atoms with E-state index in [4.69, 9.17) is 0 Å². The minimum atomic E-state index is -0.335. The second kappa shape index (κ2) is 9.83. The maximum Gasteiger partial charge on any atom is 0.253 e. The number of carbonyl (C=O) groups is 2. The van der Waals surface area contributed by atoms with Gasteiger partial charge >= 0.3 is 0 Å². The molecule has 0 spiro atoms. The zero-order chi connectivity index (χ0) is 21.7. The second-order valence-corrected chi connectivity index (χ2v) is 8.41. The number of likely N-dealkylation sites (tertiary alicyclic amines) is 1. The molecule has 160 valence electrons. The van der Waals surface area contributed by atoms with Gasteiger partial charge < -0.3 is 10.2 Å². The third-order valence-electron chi connectivity index (χ3n) is 5.52. The van der Waals surface area contributed by atoms with Gasteiger partial charge in [0.1, 0.15) is 5.82 Å². The van der Waals surface area contributed by atoms with Crippen molar-refractivity contribution in [3.63, 3.8) is 0 Å². The molecule has 1 aliphatic heterocycles. The van der Waals surface area contributed by atoms with Gasteiger partial charge in [0, 0.05) is 43.2 Å². The first-order valence-electron chi connectivity index (χ1n) is 10.6. The van der Waals surface area contributed by atoms with Crippen LogP contribution in [-0.2, 0) is 11.3 Å². The Morgan fingerprint density at radius 1 is 1.17 bits per heavy atom. The van der Waals surface area contributed by atoms with Gasteiger partial charge in [-0.3, -0.25) is 14.6 Å². The van der Waals surface area contributed by atoms with Crippen molar-refractivity contribution < 1.29 is 14.0 Å². The summed E-state index contributed by atoms with van der Waals surface area (Å²) in [6, 6.07) is 10.0. The Hall–Kier alpha value is -2.76. The van der Waals surface area contributed by atoms with Crippen LogP contribution >= 0.6 is 0 Å². The molecule has 30 heavy (non-hydrogen) atoms. The van der Waals surface area contributed by atoms with E-state index in [1.807, 2.05) is 31.7 Å². The molecular weight excluding hydrogens is 381 g/mol. The van der Waals surface area contributed by atoms with E-state index >= 15 is 0 Å². The number of carbonyl (C=O) groups excluding carboxylic acids is 2. The van der Waals surface area contributed by atoms with Gasteiger partial charge in [-0.15, -0.1) is 0 Å². The third-order valence-corrected chi connectivity index (χ3v) is 5.52. The minimum Gasteiger partial charge on any atom is -0.348 e. The average molecular weight is 412 g/mol. The van der Waals surface area contributed by atoms with Crippen molar-refractivity contribution in [2.45, 2.75) is 52.5 Å². The third kappa shape index (κ3) is 5.43. The van der Waals surface area contributed by atoms with Crippen LogP contribution in [0.3, 0.4) is 0 Å². The van der Waals surface area contributed by atoms with Gasteiger partial charge in [-0.1, -0.05) is 32.0 Å². The average Bonchev–Trinajstić information content (AvgIpc) is 2.72. The molecule has 1 saturated heterocycles. The summed E-state index contributed by atoms with van der Waals surface area (Å²) < 4.78 is 13.9. The molecule has 1 fully saturated rings. The van der Waals surface area contributed by atoms with Gasteiger partial charge in [-0.25, -0.2) is 4.39 Å². The quantitative estimate of drug-likeness (QED) is 0.774. The summed E-state index contributed by atoms with van der Waals surface area (Å²) in [6.45, 7) is 7.50. The molecule has 0 saturated carbocycles. The molecule has 1 aromatic carbocycles. The first kappa shape index (κ1) is 21.9. The van der Waals surface area contributed by atoms with Crippen LogP contribution in [0.2, 0.25) is 0 Å². The van der Waals surface area contributed by atoms with Crippen molar-refractivity contribution in [3.8, 4) is 0 Å². The van der Waals surface area contributed by atoms with Crippen molar-refractivity contribution in [2.24, 2.45) is 5.92 Å². The Morgan fingerprint density at radius 2 is 1.87 bits per heavy atom. The smallest absolute Gasteiger partial charge is 0.253 e. The molecule has 0 aliphatic carbocycles. The van der Waals surface area contributed by atoms with Crippen LogP contribution in [0.25, 0.3) is 0 Å². The molecule has 5 nitrogen and oxygen atoms in total. The van der Waals surface area contributed by atoms with E-state index in [-0.39, 0.29) is 30.1 Å². The van der Waals surface area contributed by atoms with Crippen LogP contribution in [0.5, 0.6) is 0 Å². The highest BCUT2D eigenvalue weighted by Crippen LogP contribution is 2.30. The molecule has 0 atom stereocenters. The highest BCUT2D eigenvalue weighted by Gasteiger charge is 2.28. The highest BCUT2D eigenvalue weighted by molar-refractivity contribution is 5.95. The summed E-state index contributed by atoms with van der Waals surface area (Å²) in [5.41, 5.74) is 2.61. The molecule has 1 N–H and O–H groups in total. The number of pyridine rings is 1. The number of amides is 2. The van der Waals surface area contributed by atoms with Crippen molar-refractivity contribution in [1.29, 1.82) is 0 Å². The highest BCUT2D eigenvalue weighted by atomic mass is 19.1. The van der Waals surface area contributed by atoms with Gasteiger partial charge in [-0.2, -0.15) is 0 Å². The van der Waals surface area contributed by atoms with E-state index in [2.05, 4.69) is 10.3 Å². The van der Waals surface area contributed by atoms with E-state index in [0.29, 0.717) is 36.6 Å². The fourth-order valence-electron chi connectivity index (χ4n) is 3.87. The first-order valence-corrected chi connectivity index (χ1v) is 10.6. The SMILES string of the molecule is Cc1ccc(C(=O)NCc2ccccc2F)c(C2CCN(C(=O)CC(C)C)CC2)n1. The Balaban J connectivity index is 1.69. The first-order chi connectivity index (χ1) is 14.3. The number of halogens is 1. The fourth-order valence-corrected chi connectivity index (χ4v) is 3.87. The molecule has 0 bridgehead atoms. The van der Waals surface area contributed by atoms with E-state index in [1.165, 1.54) is 6.07 Å². The summed E-state index contributed by atoms with van der Waals surface area (Å²) >= 11 is 0. The molecule has 6 heteroatoms. The standard InChI is InChI=1S/C24H30FN3O2/c1-16(2)14-22(29)28-12-10-18(11-13-28)23-20(9-8-17(3)27-23)24(30)26-15-19-6-4-5-7-21(19)25/h4-9,16,18H,10-15H2,1-3H3,(H,26,30). The second-order valence-electron chi connectivity index (χ2n) is 8.41. The predicted molar refractivity (Wildman–Crippen MR) is 115 cm³/mol. The van der Waals surface area contributed by atoms with Crippen LogP contribution in [0.4, 0.5) is 4.39 Å². The molecule has 2 aromatic rings. The molecule has 1 aromatic heterocycles. The van der Waals surface area contributed by atoms with Crippen LogP contribution in [0.15, 0.2) is 36.4 Å². The number of aromatic nitrogens is 1. The number of piperidine rings is 1. The Bertz CT molecular complexity index is 905. The summed E-state index contributed by atoms with van der Waals surface area (Å²) in [6.07, 6.45) is 2.14. The lowest BCUT2D eigenvalue weighted by Crippen LogP contribution is -2.39. The summed E-state index contributed by atoms with van der Waals surface area (Å²) in [5, 5.41) is 2.82. The Labute approximate surface area is 177 Å². The van der Waals surface area contributed by atoms with Gasteiger partial charge in [0.15, 0.2) is 0 Å². The number of benzene rings is 1. The summed E-state index contributed by atoms with van der Waals surface area (Å²) in [5.74, 6) is 0.0849. The van der Waals surface area contributed by atoms with E-state index < -0.39 is 0 Å². The Kier molecular flexibility index (Phi) is 7.19. The van der Waals surface area contributed by atoms with E-state index in [0.717, 1.165) is 24.2 Å². The fraction of sp³-hybridized carbons (Fsp3) is 0.458. The van der Waals surface area contributed by atoms with E-state index in [9.17, 15) is 14.0 Å². The van der Waals surface area contributed by atoms with Crippen LogP contribution < -0.4 is 5.32 Å². The number of aryl methyl sites for hydroxylation is 1. The molecule has 2 amide bonds. The number of hydrogen-bond donors (Lipinski definition) is 1. The van der Waals surface area contributed by atoms with Crippen molar-refractivity contribution >= 4 is 11.8 Å². The molecule has 3 rings (SSSR count). The number of nitrogens with zero attached hydrogens (tertiary/aromatic N) is 2. The lowest BCUT2D eigenvalue weighted by molar-refractivity contribution is -0.133. The zero-order valence-electron chi connectivity index (χ0n) is 18.0. The monoisotopic (exact) mass is 411 g/mol. The number of rotatable bonds is 6. The minimum absolute atomic E-state index is 0.126. The van der Waals surface area contributed by atoms with Crippen molar-refractivity contribution in [3.05, 3.63) is 64.7 Å². The largest absolute Gasteiger partial charge is 0.348 e. The topological polar surface area (TPSA) is 62.3 Å². The number of hydrogen-bond acceptors (Lipinski definition) is 3. The lowest BCUT2D eigenvalue weighted by atomic mass is 9.89. The number of nitrogens with one attached hydrogen (secondary N) is 1. The molecule has 1 aliphatic rings. The van der Waals surface area contributed by atoms with Gasteiger partial charge in [0.25, 0.3) is 5.91 Å². The van der Waals surface area contributed by atoms with Crippen LogP contribution in [-0.4, -0.2) is 34.8 Å². The summed E-state index contributed by atoms with van der Waals surface area (Å²) in [4.78, 5) is 31.8. The Morgan fingerprint density at radius 3 is 2.53 bits per heavy atom. The zero-order valence-corrected chi connectivity index (χ0v) is 18.0. The van der Waals surface area contributed by atoms with Crippen LogP contribution in [0.1, 0.15) is 66.3 Å². The summed E-state index contributed by atoms with van der Waals surface area (Å²) in [7, 11) is 0. The maximum absolute atomic E-state index is 13.9. The van der Waals surface area contributed by atoms with Crippen molar-refractivity contribution in [1.82, 2.24) is 15.2 Å². The van der Waals surface area contributed by atoms with Gasteiger partial charge in [0.2, 0.25) is 5.91 Å². The van der Waals surface area contributed by atoms with Crippen molar-refractivity contribution in [2.75, 3.05) is 13.1 Å². The van der Waals surface area contributed by atoms with Gasteiger partial charge in [0.05, 0.1) is 11.3 Å². The molecular formula is C24H30FN3O2. The predicted octanol–water partition coefficient (Wildman–Crippen LogP) is 4.21.